The Bertz CT molecular complexity index is 303. The van der Waals surface area contributed by atoms with Gasteiger partial charge in [0.05, 0.1) is 19.8 Å². The van der Waals surface area contributed by atoms with Gasteiger partial charge < -0.3 is 14.6 Å². The molecular weight excluding hydrogens is 250 g/mol. The minimum Gasteiger partial charge on any atom is -0.465 e. The SMILES string of the molecule is CCOC(=O)CS(=O)(=O)NCCCOCCO. The Labute approximate surface area is 101 Å². The van der Waals surface area contributed by atoms with Crippen LogP contribution in [0.25, 0.3) is 0 Å². The van der Waals surface area contributed by atoms with Crippen LogP contribution in [-0.4, -0.2) is 58.2 Å². The lowest BCUT2D eigenvalue weighted by Gasteiger charge is -2.06. The maximum absolute atomic E-state index is 11.3. The Kier molecular flexibility index (Phi) is 8.96. The molecule has 0 saturated heterocycles. The smallest absolute Gasteiger partial charge is 0.322 e. The van der Waals surface area contributed by atoms with Crippen LogP contribution in [0.5, 0.6) is 0 Å². The molecule has 0 heterocycles. The fourth-order valence-electron chi connectivity index (χ4n) is 0.977. The second kappa shape index (κ2) is 9.34. The Morgan fingerprint density at radius 3 is 2.65 bits per heavy atom. The Morgan fingerprint density at radius 2 is 2.06 bits per heavy atom. The van der Waals surface area contributed by atoms with Gasteiger partial charge in [-0.25, -0.2) is 13.1 Å². The molecule has 2 N–H and O–H groups in total. The lowest BCUT2D eigenvalue weighted by Crippen LogP contribution is -2.32. The lowest BCUT2D eigenvalue weighted by atomic mass is 10.5. The number of aliphatic hydroxyl groups is 1. The van der Waals surface area contributed by atoms with Gasteiger partial charge in [-0.1, -0.05) is 0 Å². The zero-order valence-corrected chi connectivity index (χ0v) is 10.7. The molecule has 0 aromatic heterocycles. The molecule has 0 aliphatic rings. The first-order chi connectivity index (χ1) is 8.02. The second-order valence-electron chi connectivity index (χ2n) is 3.15. The molecular formula is C9H19NO6S. The highest BCUT2D eigenvalue weighted by molar-refractivity contribution is 7.90. The van der Waals surface area contributed by atoms with E-state index in [9.17, 15) is 13.2 Å². The number of hydrogen-bond donors (Lipinski definition) is 2. The Morgan fingerprint density at radius 1 is 1.35 bits per heavy atom. The minimum atomic E-state index is -3.63. The summed E-state index contributed by atoms with van der Waals surface area (Å²) in [5, 5.41) is 8.41. The van der Waals surface area contributed by atoms with Crippen LogP contribution in [0, 0.1) is 0 Å². The predicted molar refractivity (Wildman–Crippen MR) is 60.9 cm³/mol. The van der Waals surface area contributed by atoms with E-state index in [-0.39, 0.29) is 26.4 Å². The molecule has 102 valence electrons. The topological polar surface area (TPSA) is 102 Å². The first-order valence-electron chi connectivity index (χ1n) is 5.33. The third-order valence-electron chi connectivity index (χ3n) is 1.64. The monoisotopic (exact) mass is 269 g/mol. The fourth-order valence-corrected chi connectivity index (χ4v) is 1.93. The molecule has 17 heavy (non-hydrogen) atoms. The summed E-state index contributed by atoms with van der Waals surface area (Å²) in [4.78, 5) is 10.9. The number of ether oxygens (including phenoxy) is 2. The van der Waals surface area contributed by atoms with Crippen molar-refractivity contribution in [1.29, 1.82) is 0 Å². The number of carbonyl (C=O) groups is 1. The van der Waals surface area contributed by atoms with Crippen LogP contribution >= 0.6 is 0 Å². The Hall–Kier alpha value is -0.700. The third kappa shape index (κ3) is 10.2. The standard InChI is InChI=1S/C9H19NO6S/c1-2-16-9(12)8-17(13,14)10-4-3-6-15-7-5-11/h10-11H,2-8H2,1H3. The van der Waals surface area contributed by atoms with Crippen molar-refractivity contribution >= 4 is 16.0 Å². The van der Waals surface area contributed by atoms with E-state index in [4.69, 9.17) is 9.84 Å². The third-order valence-corrected chi connectivity index (χ3v) is 2.90. The summed E-state index contributed by atoms with van der Waals surface area (Å²) >= 11 is 0. The van der Waals surface area contributed by atoms with Crippen LogP contribution in [0.4, 0.5) is 0 Å². The zero-order valence-electron chi connectivity index (χ0n) is 9.85. The van der Waals surface area contributed by atoms with Crippen molar-refractivity contribution in [3.63, 3.8) is 0 Å². The number of aliphatic hydroxyl groups excluding tert-OH is 1. The molecule has 0 spiro atoms. The summed E-state index contributed by atoms with van der Waals surface area (Å²) in [5.41, 5.74) is 0. The van der Waals surface area contributed by atoms with E-state index >= 15 is 0 Å². The van der Waals surface area contributed by atoms with E-state index in [1.54, 1.807) is 6.92 Å². The molecule has 0 aromatic rings. The highest BCUT2D eigenvalue weighted by atomic mass is 32.2. The molecule has 0 aromatic carbocycles. The molecule has 8 heteroatoms. The van der Waals surface area contributed by atoms with E-state index in [0.29, 0.717) is 13.0 Å². The number of rotatable bonds is 10. The predicted octanol–water partition coefficient (Wildman–Crippen LogP) is -1.13. The molecule has 0 aliphatic carbocycles. The van der Waals surface area contributed by atoms with Gasteiger partial charge >= 0.3 is 5.97 Å². The van der Waals surface area contributed by atoms with E-state index in [1.807, 2.05) is 0 Å². The van der Waals surface area contributed by atoms with Crippen LogP contribution in [0.15, 0.2) is 0 Å². The molecule has 0 saturated carbocycles. The van der Waals surface area contributed by atoms with Gasteiger partial charge in [-0.05, 0) is 13.3 Å². The van der Waals surface area contributed by atoms with Gasteiger partial charge in [0.2, 0.25) is 10.0 Å². The van der Waals surface area contributed by atoms with E-state index < -0.39 is 21.7 Å². The first-order valence-corrected chi connectivity index (χ1v) is 6.98. The van der Waals surface area contributed by atoms with Crippen molar-refractivity contribution in [3.8, 4) is 0 Å². The summed E-state index contributed by atoms with van der Waals surface area (Å²) in [6, 6.07) is 0. The van der Waals surface area contributed by atoms with Gasteiger partial charge in [-0.2, -0.15) is 0 Å². The van der Waals surface area contributed by atoms with E-state index in [2.05, 4.69) is 9.46 Å². The average molecular weight is 269 g/mol. The lowest BCUT2D eigenvalue weighted by molar-refractivity contribution is -0.139. The molecule has 0 radical (unpaired) electrons. The second-order valence-corrected chi connectivity index (χ2v) is 4.95. The molecule has 0 unspecified atom stereocenters. The van der Waals surface area contributed by atoms with Crippen molar-refractivity contribution in [1.82, 2.24) is 4.72 Å². The molecule has 0 atom stereocenters. The maximum Gasteiger partial charge on any atom is 0.322 e. The highest BCUT2D eigenvalue weighted by Gasteiger charge is 2.16. The quantitative estimate of drug-likeness (QED) is 0.384. The normalized spacial score (nSPS) is 11.4. The van der Waals surface area contributed by atoms with E-state index in [0.717, 1.165) is 0 Å². The van der Waals surface area contributed by atoms with Gasteiger partial charge in [0.15, 0.2) is 5.75 Å². The first kappa shape index (κ1) is 16.3. The van der Waals surface area contributed by atoms with Crippen LogP contribution in [0.3, 0.4) is 0 Å². The van der Waals surface area contributed by atoms with Gasteiger partial charge in [0.25, 0.3) is 0 Å². The van der Waals surface area contributed by atoms with Crippen LogP contribution in [0.1, 0.15) is 13.3 Å². The number of nitrogens with one attached hydrogen (secondary N) is 1. The summed E-state index contributed by atoms with van der Waals surface area (Å²) in [6.07, 6.45) is 0.474. The van der Waals surface area contributed by atoms with Crippen LogP contribution in [-0.2, 0) is 24.3 Å². The minimum absolute atomic E-state index is 0.0609. The van der Waals surface area contributed by atoms with Crippen LogP contribution < -0.4 is 4.72 Å². The van der Waals surface area contributed by atoms with E-state index in [1.165, 1.54) is 0 Å². The van der Waals surface area contributed by atoms with Gasteiger partial charge in [0.1, 0.15) is 0 Å². The molecule has 0 amide bonds. The summed E-state index contributed by atoms with van der Waals surface area (Å²) in [5.74, 6) is -1.44. The molecule has 0 fully saturated rings. The van der Waals surface area contributed by atoms with Gasteiger partial charge in [-0.3, -0.25) is 4.79 Å². The molecule has 0 bridgehead atoms. The zero-order chi connectivity index (χ0) is 13.1. The summed E-state index contributed by atoms with van der Waals surface area (Å²) in [6.45, 7) is 2.47. The van der Waals surface area contributed by atoms with Crippen molar-refractivity contribution < 1.29 is 27.8 Å². The highest BCUT2D eigenvalue weighted by Crippen LogP contribution is 1.89. The largest absolute Gasteiger partial charge is 0.465 e. The van der Waals surface area contributed by atoms with Crippen molar-refractivity contribution in [2.75, 3.05) is 38.7 Å². The van der Waals surface area contributed by atoms with Gasteiger partial charge in [-0.15, -0.1) is 0 Å². The maximum atomic E-state index is 11.3. The Balaban J connectivity index is 3.68. The summed E-state index contributed by atoms with van der Waals surface area (Å²) < 4.78 is 34.3. The summed E-state index contributed by atoms with van der Waals surface area (Å²) in [7, 11) is -3.63. The number of carbonyl (C=O) groups excluding carboxylic acids is 1. The number of sulfonamides is 1. The number of hydrogen-bond acceptors (Lipinski definition) is 6. The molecule has 0 aliphatic heterocycles. The molecule has 7 nitrogen and oxygen atoms in total. The van der Waals surface area contributed by atoms with Crippen molar-refractivity contribution in [3.05, 3.63) is 0 Å². The van der Waals surface area contributed by atoms with Gasteiger partial charge in [0, 0.05) is 13.2 Å². The van der Waals surface area contributed by atoms with Crippen molar-refractivity contribution in [2.24, 2.45) is 0 Å². The van der Waals surface area contributed by atoms with Crippen molar-refractivity contribution in [2.45, 2.75) is 13.3 Å². The average Bonchev–Trinajstić information content (AvgIpc) is 2.22. The number of esters is 1. The van der Waals surface area contributed by atoms with Crippen LogP contribution in [0.2, 0.25) is 0 Å². The fraction of sp³-hybridized carbons (Fsp3) is 0.889. The molecule has 0 rings (SSSR count).